The molecule has 1 aliphatic rings. The second-order valence-corrected chi connectivity index (χ2v) is 11.4. The molecule has 0 aliphatic carbocycles. The van der Waals surface area contributed by atoms with Crippen LogP contribution in [0.2, 0.25) is 5.02 Å². The van der Waals surface area contributed by atoms with E-state index in [0.717, 1.165) is 21.8 Å². The van der Waals surface area contributed by atoms with Crippen molar-refractivity contribution in [2.75, 3.05) is 25.0 Å². The fraction of sp³-hybridized carbons (Fsp3) is 0.500. The SMILES string of the molecule is CC(CN1CC(C)(C)OCC1C(=O)Nc1cc(Cl)cc2c1[nH]c1cnccc12)NC(=O)OC(C)(C)C. The molecule has 2 amide bonds. The van der Waals surface area contributed by atoms with Crippen molar-refractivity contribution in [3.05, 3.63) is 35.6 Å². The van der Waals surface area contributed by atoms with Crippen molar-refractivity contribution < 1.29 is 19.1 Å². The molecular weight excluding hydrogens is 482 g/mol. The monoisotopic (exact) mass is 515 g/mol. The number of rotatable bonds is 5. The number of H-pyrrole nitrogens is 1. The maximum Gasteiger partial charge on any atom is 0.407 e. The number of aromatic amines is 1. The van der Waals surface area contributed by atoms with Gasteiger partial charge in [0.1, 0.15) is 11.6 Å². The van der Waals surface area contributed by atoms with Gasteiger partial charge in [0, 0.05) is 41.1 Å². The zero-order valence-electron chi connectivity index (χ0n) is 21.6. The van der Waals surface area contributed by atoms with Crippen LogP contribution in [0.1, 0.15) is 41.5 Å². The lowest BCUT2D eigenvalue weighted by Crippen LogP contribution is -2.60. The zero-order valence-corrected chi connectivity index (χ0v) is 22.3. The van der Waals surface area contributed by atoms with Gasteiger partial charge in [0.25, 0.3) is 0 Å². The average Bonchev–Trinajstić information content (AvgIpc) is 3.10. The molecule has 0 radical (unpaired) electrons. The lowest BCUT2D eigenvalue weighted by atomic mass is 10.0. The first kappa shape index (κ1) is 26.2. The molecular formula is C26H34ClN5O4. The van der Waals surface area contributed by atoms with E-state index in [1.165, 1.54) is 0 Å². The number of alkyl carbamates (subject to hydrolysis) is 1. The molecule has 2 unspecified atom stereocenters. The first-order valence-electron chi connectivity index (χ1n) is 12.0. The van der Waals surface area contributed by atoms with Crippen molar-refractivity contribution in [3.8, 4) is 0 Å². The van der Waals surface area contributed by atoms with Gasteiger partial charge in [-0.15, -0.1) is 0 Å². The summed E-state index contributed by atoms with van der Waals surface area (Å²) in [6.07, 6.45) is 2.98. The normalized spacial score (nSPS) is 19.2. The number of nitrogens with zero attached hydrogens (tertiary/aromatic N) is 2. The largest absolute Gasteiger partial charge is 0.444 e. The van der Waals surface area contributed by atoms with Crippen LogP contribution in [0, 0.1) is 0 Å². The number of benzene rings is 1. The summed E-state index contributed by atoms with van der Waals surface area (Å²) in [5, 5.41) is 8.31. The van der Waals surface area contributed by atoms with Crippen LogP contribution in [0.15, 0.2) is 30.6 Å². The number of halogens is 1. The van der Waals surface area contributed by atoms with Gasteiger partial charge in [0.05, 0.1) is 35.1 Å². The van der Waals surface area contributed by atoms with Crippen molar-refractivity contribution in [1.29, 1.82) is 0 Å². The smallest absolute Gasteiger partial charge is 0.407 e. The molecule has 3 heterocycles. The van der Waals surface area contributed by atoms with E-state index in [1.54, 1.807) is 18.5 Å². The molecule has 3 N–H and O–H groups in total. The van der Waals surface area contributed by atoms with Crippen LogP contribution in [0.3, 0.4) is 0 Å². The van der Waals surface area contributed by atoms with Crippen LogP contribution in [-0.2, 0) is 14.3 Å². The van der Waals surface area contributed by atoms with Crippen LogP contribution in [0.5, 0.6) is 0 Å². The number of aromatic nitrogens is 2. The summed E-state index contributed by atoms with van der Waals surface area (Å²) in [6.45, 7) is 12.5. The van der Waals surface area contributed by atoms with Crippen molar-refractivity contribution in [3.63, 3.8) is 0 Å². The standard InChI is InChI=1S/C26H34ClN5O4/c1-15(29-24(34)36-25(2,3)4)12-32-14-26(5,6)35-13-21(32)23(33)31-19-10-16(27)9-18-17-7-8-28-11-20(17)30-22(18)19/h7-11,15,21,30H,12-14H2,1-6H3,(H,29,34)(H,31,33). The number of carbonyl (C=O) groups excluding carboxylic acids is 2. The molecule has 9 nitrogen and oxygen atoms in total. The number of pyridine rings is 1. The van der Waals surface area contributed by atoms with E-state index in [-0.39, 0.29) is 18.6 Å². The molecule has 2 aromatic heterocycles. The van der Waals surface area contributed by atoms with Crippen molar-refractivity contribution in [2.45, 2.75) is 64.8 Å². The maximum absolute atomic E-state index is 13.5. The molecule has 0 spiro atoms. The van der Waals surface area contributed by atoms with E-state index in [0.29, 0.717) is 23.8 Å². The number of ether oxygens (including phenoxy) is 2. The summed E-state index contributed by atoms with van der Waals surface area (Å²) < 4.78 is 11.4. The lowest BCUT2D eigenvalue weighted by Gasteiger charge is -2.43. The van der Waals surface area contributed by atoms with Crippen LogP contribution in [0.25, 0.3) is 21.8 Å². The molecule has 1 aromatic carbocycles. The number of morpholine rings is 1. The minimum absolute atomic E-state index is 0.213. The van der Waals surface area contributed by atoms with E-state index in [2.05, 4.69) is 20.6 Å². The Labute approximate surface area is 215 Å². The Kier molecular flexibility index (Phi) is 7.19. The number of anilines is 1. The van der Waals surface area contributed by atoms with Gasteiger partial charge in [0.2, 0.25) is 5.91 Å². The first-order chi connectivity index (χ1) is 16.8. The highest BCUT2D eigenvalue weighted by Crippen LogP contribution is 2.33. The molecule has 4 rings (SSSR count). The Morgan fingerprint density at radius 3 is 2.81 bits per heavy atom. The van der Waals surface area contributed by atoms with E-state index < -0.39 is 23.3 Å². The summed E-state index contributed by atoms with van der Waals surface area (Å²) in [6, 6.07) is 4.71. The highest BCUT2D eigenvalue weighted by atomic mass is 35.5. The van der Waals surface area contributed by atoms with Gasteiger partial charge >= 0.3 is 6.09 Å². The minimum Gasteiger partial charge on any atom is -0.444 e. The van der Waals surface area contributed by atoms with E-state index in [1.807, 2.05) is 58.6 Å². The number of nitrogens with one attached hydrogen (secondary N) is 3. The quantitative estimate of drug-likeness (QED) is 0.454. The fourth-order valence-corrected chi connectivity index (χ4v) is 4.74. The lowest BCUT2D eigenvalue weighted by molar-refractivity contribution is -0.143. The number of hydrogen-bond acceptors (Lipinski definition) is 6. The molecule has 194 valence electrons. The van der Waals surface area contributed by atoms with Crippen LogP contribution in [0.4, 0.5) is 10.5 Å². The Bertz CT molecular complexity index is 1280. The van der Waals surface area contributed by atoms with Gasteiger partial charge in [-0.2, -0.15) is 0 Å². The summed E-state index contributed by atoms with van der Waals surface area (Å²) in [7, 11) is 0. The molecule has 36 heavy (non-hydrogen) atoms. The Morgan fingerprint density at radius 2 is 2.08 bits per heavy atom. The fourth-order valence-electron chi connectivity index (χ4n) is 4.53. The molecule has 0 saturated carbocycles. The van der Waals surface area contributed by atoms with Gasteiger partial charge < -0.3 is 25.1 Å². The third-order valence-electron chi connectivity index (χ3n) is 5.96. The van der Waals surface area contributed by atoms with Gasteiger partial charge in [-0.1, -0.05) is 11.6 Å². The van der Waals surface area contributed by atoms with Crippen LogP contribution < -0.4 is 10.6 Å². The van der Waals surface area contributed by atoms with Gasteiger partial charge in [-0.05, 0) is 59.7 Å². The molecule has 2 atom stereocenters. The predicted molar refractivity (Wildman–Crippen MR) is 141 cm³/mol. The van der Waals surface area contributed by atoms with E-state index in [9.17, 15) is 9.59 Å². The minimum atomic E-state index is -0.589. The summed E-state index contributed by atoms with van der Waals surface area (Å²) >= 11 is 6.41. The second-order valence-electron chi connectivity index (χ2n) is 11.0. The average molecular weight is 516 g/mol. The molecule has 0 bridgehead atoms. The molecule has 1 saturated heterocycles. The summed E-state index contributed by atoms with van der Waals surface area (Å²) in [5.74, 6) is -0.213. The maximum atomic E-state index is 13.5. The molecule has 10 heteroatoms. The van der Waals surface area contributed by atoms with E-state index in [4.69, 9.17) is 21.1 Å². The third-order valence-corrected chi connectivity index (χ3v) is 6.18. The van der Waals surface area contributed by atoms with Gasteiger partial charge in [-0.3, -0.25) is 14.7 Å². The van der Waals surface area contributed by atoms with Crippen molar-refractivity contribution in [2.24, 2.45) is 0 Å². The first-order valence-corrected chi connectivity index (χ1v) is 12.4. The number of fused-ring (bicyclic) bond motifs is 3. The van der Waals surface area contributed by atoms with Crippen molar-refractivity contribution >= 4 is 51.1 Å². The third kappa shape index (κ3) is 6.08. The van der Waals surface area contributed by atoms with E-state index >= 15 is 0 Å². The van der Waals surface area contributed by atoms with Gasteiger partial charge in [-0.25, -0.2) is 4.79 Å². The Hall–Kier alpha value is -2.88. The number of hydrogen-bond donors (Lipinski definition) is 3. The van der Waals surface area contributed by atoms with Gasteiger partial charge in [0.15, 0.2) is 0 Å². The molecule has 3 aromatic rings. The molecule has 1 aliphatic heterocycles. The topological polar surface area (TPSA) is 109 Å². The molecule has 1 fully saturated rings. The van der Waals surface area contributed by atoms with Crippen LogP contribution in [-0.4, -0.2) is 69.9 Å². The highest BCUT2D eigenvalue weighted by Gasteiger charge is 2.38. The number of amides is 2. The summed E-state index contributed by atoms with van der Waals surface area (Å²) in [5.41, 5.74) is 1.20. The van der Waals surface area contributed by atoms with Crippen LogP contribution >= 0.6 is 11.6 Å². The van der Waals surface area contributed by atoms with Crippen molar-refractivity contribution in [1.82, 2.24) is 20.2 Å². The Balaban J connectivity index is 1.54. The highest BCUT2D eigenvalue weighted by molar-refractivity contribution is 6.33. The second kappa shape index (κ2) is 9.88. The number of carbonyl (C=O) groups is 2. The summed E-state index contributed by atoms with van der Waals surface area (Å²) in [4.78, 5) is 35.3. The predicted octanol–water partition coefficient (Wildman–Crippen LogP) is 4.70. The Morgan fingerprint density at radius 1 is 1.33 bits per heavy atom. The zero-order chi connectivity index (χ0) is 26.3.